The molecule has 1 atom stereocenters. The average Bonchev–Trinajstić information content (AvgIpc) is 2.69. The zero-order valence-corrected chi connectivity index (χ0v) is 15.5. The summed E-state index contributed by atoms with van der Waals surface area (Å²) in [5.41, 5.74) is 6.14. The van der Waals surface area contributed by atoms with Crippen molar-refractivity contribution >= 4 is 29.4 Å². The van der Waals surface area contributed by atoms with Crippen molar-refractivity contribution in [3.63, 3.8) is 0 Å². The Hall–Kier alpha value is -2.03. The van der Waals surface area contributed by atoms with E-state index in [-0.39, 0.29) is 0 Å². The van der Waals surface area contributed by atoms with E-state index in [0.717, 1.165) is 17.3 Å². The molecule has 0 saturated carbocycles. The number of benzene rings is 3. The van der Waals surface area contributed by atoms with Crippen LogP contribution in [0.15, 0.2) is 72.8 Å². The summed E-state index contributed by atoms with van der Waals surface area (Å²) >= 11 is 5.93. The van der Waals surface area contributed by atoms with Gasteiger partial charge in [-0.15, -0.1) is 0 Å². The number of rotatable bonds is 4. The fraction of sp³-hybridized carbons (Fsp3) is 0.217. The van der Waals surface area contributed by atoms with Crippen LogP contribution in [-0.2, 0) is 12.8 Å². The van der Waals surface area contributed by atoms with Crippen molar-refractivity contribution in [1.29, 1.82) is 0 Å². The Morgan fingerprint density at radius 2 is 1.54 bits per heavy atom. The first-order valence-corrected chi connectivity index (χ1v) is 9.68. The van der Waals surface area contributed by atoms with Crippen molar-refractivity contribution in [1.82, 2.24) is 0 Å². The lowest BCUT2D eigenvalue weighted by atomic mass is 9.56. The molecule has 0 saturated heterocycles. The summed E-state index contributed by atoms with van der Waals surface area (Å²) in [6.45, 7) is -0.614. The first-order chi connectivity index (χ1) is 12.7. The lowest BCUT2D eigenvalue weighted by molar-refractivity contribution is 0.550. The second-order valence-corrected chi connectivity index (χ2v) is 7.62. The van der Waals surface area contributed by atoms with Crippen molar-refractivity contribution in [2.24, 2.45) is 0 Å². The Bertz CT molecular complexity index is 873. The molecule has 0 amide bonds. The quantitative estimate of drug-likeness (QED) is 0.695. The molecule has 3 aromatic rings. The lowest BCUT2D eigenvalue weighted by Gasteiger charge is -2.25. The van der Waals surface area contributed by atoms with Gasteiger partial charge in [0, 0.05) is 5.02 Å². The highest BCUT2D eigenvalue weighted by Gasteiger charge is 2.21. The van der Waals surface area contributed by atoms with Crippen LogP contribution in [-0.4, -0.2) is 11.9 Å². The molecule has 130 valence electrons. The van der Waals surface area contributed by atoms with Gasteiger partial charge in [-0.1, -0.05) is 72.3 Å². The Morgan fingerprint density at radius 3 is 2.27 bits per heavy atom. The monoisotopic (exact) mass is 360 g/mol. The van der Waals surface area contributed by atoms with Gasteiger partial charge in [-0.2, -0.15) is 0 Å². The van der Waals surface area contributed by atoms with Crippen LogP contribution in [0.4, 0.5) is 0 Å². The number of aryl methyl sites for hydroxylation is 1. The average molecular weight is 361 g/mol. The third-order valence-electron chi connectivity index (χ3n) is 5.46. The van der Waals surface area contributed by atoms with Gasteiger partial charge in [0.15, 0.2) is 0 Å². The van der Waals surface area contributed by atoms with Crippen molar-refractivity contribution in [2.45, 2.75) is 31.6 Å². The molecule has 1 unspecified atom stereocenters. The summed E-state index contributed by atoms with van der Waals surface area (Å²) in [6, 6.07) is 24.6. The zero-order chi connectivity index (χ0) is 17.9. The van der Waals surface area contributed by atoms with Crippen molar-refractivity contribution in [2.75, 3.05) is 0 Å². The normalized spacial score (nSPS) is 16.2. The van der Waals surface area contributed by atoms with Gasteiger partial charge < -0.3 is 5.02 Å². The molecule has 0 heterocycles. The smallest absolute Gasteiger partial charge is 0.358 e. The highest BCUT2D eigenvalue weighted by Crippen LogP contribution is 2.33. The molecule has 1 nitrogen and oxygen atoms in total. The van der Waals surface area contributed by atoms with E-state index in [9.17, 15) is 5.02 Å². The maximum absolute atomic E-state index is 10.6. The minimum atomic E-state index is -0.614. The van der Waals surface area contributed by atoms with E-state index in [1.165, 1.54) is 36.0 Å². The molecule has 26 heavy (non-hydrogen) atoms. The second kappa shape index (κ2) is 7.69. The number of hydrogen-bond donors (Lipinski definition) is 1. The Balaban J connectivity index is 1.49. The van der Waals surface area contributed by atoms with Gasteiger partial charge in [-0.05, 0) is 71.3 Å². The summed E-state index contributed by atoms with van der Waals surface area (Å²) in [6.07, 6.45) is 4.80. The Labute approximate surface area is 160 Å². The fourth-order valence-corrected chi connectivity index (χ4v) is 4.15. The molecular formula is C23H22BClO. The third kappa shape index (κ3) is 3.72. The molecule has 3 aromatic carbocycles. The summed E-state index contributed by atoms with van der Waals surface area (Å²) < 4.78 is 0. The first-order valence-electron chi connectivity index (χ1n) is 9.31. The lowest BCUT2D eigenvalue weighted by Crippen LogP contribution is -2.42. The molecule has 3 heteroatoms. The van der Waals surface area contributed by atoms with Crippen molar-refractivity contribution < 1.29 is 5.02 Å². The second-order valence-electron chi connectivity index (χ2n) is 7.19. The summed E-state index contributed by atoms with van der Waals surface area (Å²) in [5, 5.41) is 11.3. The molecule has 0 spiro atoms. The number of hydrogen-bond acceptors (Lipinski definition) is 1. The minimum Gasteiger partial charge on any atom is -0.443 e. The predicted octanol–water partition coefficient (Wildman–Crippen LogP) is 4.10. The SMILES string of the molecule is OB(c1ccc(Cl)cc1)c1ccc(CC2CCCc3ccccc32)cc1. The summed E-state index contributed by atoms with van der Waals surface area (Å²) in [4.78, 5) is 0. The van der Waals surface area contributed by atoms with Gasteiger partial charge in [0.1, 0.15) is 0 Å². The van der Waals surface area contributed by atoms with Crippen LogP contribution in [0.2, 0.25) is 5.02 Å². The van der Waals surface area contributed by atoms with E-state index in [1.54, 1.807) is 0 Å². The minimum absolute atomic E-state index is 0.604. The standard InChI is InChI=1S/C23H22BClO/c25-22-14-12-21(13-15-22)24(26)20-10-8-17(9-11-20)16-19-6-3-5-18-4-1-2-7-23(18)19/h1-2,4,7-15,19,26H,3,5-6,16H2. The van der Waals surface area contributed by atoms with E-state index in [0.29, 0.717) is 10.9 Å². The van der Waals surface area contributed by atoms with E-state index in [2.05, 4.69) is 36.4 Å². The van der Waals surface area contributed by atoms with Gasteiger partial charge in [0.05, 0.1) is 0 Å². The number of fused-ring (bicyclic) bond motifs is 1. The topological polar surface area (TPSA) is 20.2 Å². The fourth-order valence-electron chi connectivity index (χ4n) is 4.02. The van der Waals surface area contributed by atoms with Crippen molar-refractivity contribution in [3.8, 4) is 0 Å². The van der Waals surface area contributed by atoms with Crippen LogP contribution in [0.3, 0.4) is 0 Å². The van der Waals surface area contributed by atoms with Gasteiger partial charge in [-0.25, -0.2) is 0 Å². The van der Waals surface area contributed by atoms with Crippen LogP contribution in [0.25, 0.3) is 0 Å². The van der Waals surface area contributed by atoms with Gasteiger partial charge in [-0.3, -0.25) is 0 Å². The molecule has 0 aliphatic heterocycles. The molecule has 0 fully saturated rings. The Morgan fingerprint density at radius 1 is 0.885 bits per heavy atom. The summed E-state index contributed by atoms with van der Waals surface area (Å²) in [5.74, 6) is 0.604. The molecule has 4 rings (SSSR count). The third-order valence-corrected chi connectivity index (χ3v) is 5.71. The molecule has 0 aromatic heterocycles. The zero-order valence-electron chi connectivity index (χ0n) is 14.7. The molecule has 1 aliphatic rings. The maximum Gasteiger partial charge on any atom is 0.358 e. The van der Waals surface area contributed by atoms with Gasteiger partial charge in [0.25, 0.3) is 0 Å². The van der Waals surface area contributed by atoms with Crippen LogP contribution >= 0.6 is 11.6 Å². The van der Waals surface area contributed by atoms with Crippen molar-refractivity contribution in [3.05, 3.63) is 94.5 Å². The first kappa shape index (κ1) is 17.4. The molecule has 1 N–H and O–H groups in total. The van der Waals surface area contributed by atoms with Crippen LogP contribution < -0.4 is 10.9 Å². The molecule has 1 aliphatic carbocycles. The van der Waals surface area contributed by atoms with E-state index >= 15 is 0 Å². The van der Waals surface area contributed by atoms with Gasteiger partial charge in [0.2, 0.25) is 0 Å². The summed E-state index contributed by atoms with van der Waals surface area (Å²) in [7, 11) is 0. The molecular weight excluding hydrogens is 339 g/mol. The largest absolute Gasteiger partial charge is 0.443 e. The highest BCUT2D eigenvalue weighted by molar-refractivity contribution is 6.78. The van der Waals surface area contributed by atoms with Crippen LogP contribution in [0.1, 0.15) is 35.4 Å². The van der Waals surface area contributed by atoms with Crippen LogP contribution in [0.5, 0.6) is 0 Å². The predicted molar refractivity (Wildman–Crippen MR) is 111 cm³/mol. The van der Waals surface area contributed by atoms with E-state index < -0.39 is 6.92 Å². The Kier molecular flexibility index (Phi) is 5.15. The van der Waals surface area contributed by atoms with Crippen LogP contribution in [0, 0.1) is 0 Å². The molecule has 0 bridgehead atoms. The number of halogens is 1. The van der Waals surface area contributed by atoms with Gasteiger partial charge >= 0.3 is 6.92 Å². The molecule has 0 radical (unpaired) electrons. The maximum atomic E-state index is 10.6. The van der Waals surface area contributed by atoms with E-state index in [4.69, 9.17) is 11.6 Å². The highest BCUT2D eigenvalue weighted by atomic mass is 35.5. The van der Waals surface area contributed by atoms with E-state index in [1.807, 2.05) is 36.4 Å².